The number of rotatable bonds is 5. The van der Waals surface area contributed by atoms with Crippen molar-refractivity contribution in [2.75, 3.05) is 12.3 Å². The lowest BCUT2D eigenvalue weighted by atomic mass is 10.4. The number of carbonyl (C=O) groups is 1. The normalized spacial score (nSPS) is 11.4. The molecule has 2 N–H and O–H groups in total. The van der Waals surface area contributed by atoms with E-state index >= 15 is 0 Å². The van der Waals surface area contributed by atoms with E-state index in [9.17, 15) is 4.79 Å². The molecule has 0 bridgehead atoms. The predicted octanol–water partition coefficient (Wildman–Crippen LogP) is 0.450. The Morgan fingerprint density at radius 1 is 1.79 bits per heavy atom. The van der Waals surface area contributed by atoms with Crippen LogP contribution in [0.2, 0.25) is 0 Å². The van der Waals surface area contributed by atoms with E-state index in [1.54, 1.807) is 0 Å². The second kappa shape index (κ2) is 5.28. The second-order valence-electron chi connectivity index (χ2n) is 2.38. The summed E-state index contributed by atoms with van der Waals surface area (Å²) >= 11 is 1.01. The van der Waals surface area contributed by atoms with Gasteiger partial charge in [0.05, 0.1) is 0 Å². The van der Waals surface area contributed by atoms with Gasteiger partial charge >= 0.3 is 0 Å². The SMILES string of the molecule is CCCO/N=C(/C=O)c1nsc(N)n1. The molecule has 0 aliphatic heterocycles. The van der Waals surface area contributed by atoms with Gasteiger partial charge in [0.1, 0.15) is 6.61 Å². The van der Waals surface area contributed by atoms with Crippen molar-refractivity contribution in [2.24, 2.45) is 5.16 Å². The molecule has 76 valence electrons. The minimum absolute atomic E-state index is 0.0615. The number of nitrogens with two attached hydrogens (primary N) is 1. The van der Waals surface area contributed by atoms with E-state index in [1.165, 1.54) is 0 Å². The molecule has 0 saturated heterocycles. The molecule has 0 atom stereocenters. The lowest BCUT2D eigenvalue weighted by Gasteiger charge is -1.95. The molecule has 1 aromatic heterocycles. The number of nitrogen functional groups attached to an aromatic ring is 1. The topological polar surface area (TPSA) is 90.5 Å². The highest BCUT2D eigenvalue weighted by Gasteiger charge is 2.09. The van der Waals surface area contributed by atoms with Gasteiger partial charge in [0.2, 0.25) is 0 Å². The molecule has 0 aromatic carbocycles. The van der Waals surface area contributed by atoms with Crippen LogP contribution in [0, 0.1) is 0 Å². The van der Waals surface area contributed by atoms with Crippen LogP contribution >= 0.6 is 11.5 Å². The molecule has 0 spiro atoms. The fourth-order valence-electron chi connectivity index (χ4n) is 0.661. The van der Waals surface area contributed by atoms with E-state index in [2.05, 4.69) is 14.5 Å². The molecular weight excluding hydrogens is 204 g/mol. The Balaban J connectivity index is 2.71. The highest BCUT2D eigenvalue weighted by molar-refractivity contribution is 7.09. The Morgan fingerprint density at radius 3 is 3.07 bits per heavy atom. The van der Waals surface area contributed by atoms with Crippen molar-refractivity contribution in [1.29, 1.82) is 0 Å². The van der Waals surface area contributed by atoms with Crippen molar-refractivity contribution < 1.29 is 9.63 Å². The summed E-state index contributed by atoms with van der Waals surface area (Å²) in [6.07, 6.45) is 1.36. The van der Waals surface area contributed by atoms with Crippen LogP contribution in [0.4, 0.5) is 5.13 Å². The van der Waals surface area contributed by atoms with Gasteiger partial charge in [0, 0.05) is 11.5 Å². The van der Waals surface area contributed by atoms with Gasteiger partial charge in [-0.05, 0) is 6.42 Å². The summed E-state index contributed by atoms with van der Waals surface area (Å²) in [7, 11) is 0. The van der Waals surface area contributed by atoms with Crippen LogP contribution in [0.3, 0.4) is 0 Å². The van der Waals surface area contributed by atoms with Crippen LogP contribution in [-0.2, 0) is 9.63 Å². The highest BCUT2D eigenvalue weighted by Crippen LogP contribution is 2.06. The molecule has 0 aliphatic carbocycles. The van der Waals surface area contributed by atoms with Crippen LogP contribution in [0.1, 0.15) is 19.2 Å². The lowest BCUT2D eigenvalue weighted by molar-refractivity contribution is -0.102. The number of aromatic nitrogens is 2. The molecule has 1 rings (SSSR count). The third-order valence-corrected chi connectivity index (χ3v) is 1.78. The molecule has 6 nitrogen and oxygen atoms in total. The maximum Gasteiger partial charge on any atom is 0.200 e. The zero-order valence-electron chi connectivity index (χ0n) is 7.64. The molecule has 0 aliphatic rings. The minimum Gasteiger partial charge on any atom is -0.395 e. The monoisotopic (exact) mass is 214 g/mol. The van der Waals surface area contributed by atoms with E-state index in [-0.39, 0.29) is 11.5 Å². The predicted molar refractivity (Wildman–Crippen MR) is 53.2 cm³/mol. The van der Waals surface area contributed by atoms with Crippen LogP contribution in [0.25, 0.3) is 0 Å². The van der Waals surface area contributed by atoms with Crippen molar-refractivity contribution in [2.45, 2.75) is 13.3 Å². The van der Waals surface area contributed by atoms with Gasteiger partial charge in [-0.3, -0.25) is 4.79 Å². The summed E-state index contributed by atoms with van der Waals surface area (Å²) in [4.78, 5) is 19.2. The third kappa shape index (κ3) is 2.77. The Bertz CT molecular complexity index is 336. The Labute approximate surface area is 84.9 Å². The number of anilines is 1. The number of hydrogen-bond donors (Lipinski definition) is 1. The number of carbonyl (C=O) groups excluding carboxylic acids is 1. The lowest BCUT2D eigenvalue weighted by Crippen LogP contribution is -2.06. The minimum atomic E-state index is 0.0615. The molecule has 0 unspecified atom stereocenters. The van der Waals surface area contributed by atoms with E-state index < -0.39 is 0 Å². The number of hydrogen-bond acceptors (Lipinski definition) is 7. The van der Waals surface area contributed by atoms with Crippen LogP contribution in [0.15, 0.2) is 5.16 Å². The second-order valence-corrected chi connectivity index (χ2v) is 3.17. The van der Waals surface area contributed by atoms with Gasteiger partial charge in [-0.25, -0.2) is 0 Å². The summed E-state index contributed by atoms with van der Waals surface area (Å²) in [5.74, 6) is 0.207. The maximum atomic E-state index is 10.6. The van der Waals surface area contributed by atoms with Crippen molar-refractivity contribution in [3.8, 4) is 0 Å². The van der Waals surface area contributed by atoms with Gasteiger partial charge < -0.3 is 10.6 Å². The zero-order chi connectivity index (χ0) is 10.4. The molecule has 0 radical (unpaired) electrons. The van der Waals surface area contributed by atoms with E-state index in [0.29, 0.717) is 18.0 Å². The smallest absolute Gasteiger partial charge is 0.200 e. The van der Waals surface area contributed by atoms with Crippen molar-refractivity contribution in [3.63, 3.8) is 0 Å². The van der Waals surface area contributed by atoms with Gasteiger partial charge in [-0.15, -0.1) is 0 Å². The summed E-state index contributed by atoms with van der Waals surface area (Å²) in [5.41, 5.74) is 5.42. The summed E-state index contributed by atoms with van der Waals surface area (Å²) in [5, 5.41) is 3.89. The molecule has 0 fully saturated rings. The molecule has 14 heavy (non-hydrogen) atoms. The first-order chi connectivity index (χ1) is 6.77. The van der Waals surface area contributed by atoms with E-state index in [4.69, 9.17) is 10.6 Å². The van der Waals surface area contributed by atoms with Gasteiger partial charge in [0.15, 0.2) is 23.0 Å². The number of nitrogens with zero attached hydrogens (tertiary/aromatic N) is 3. The van der Waals surface area contributed by atoms with Gasteiger partial charge in [-0.1, -0.05) is 12.1 Å². The third-order valence-electron chi connectivity index (χ3n) is 1.24. The van der Waals surface area contributed by atoms with Crippen LogP contribution < -0.4 is 5.73 Å². The summed E-state index contributed by atoms with van der Waals surface area (Å²) in [6.45, 7) is 2.39. The molecular formula is C7H10N4O2S. The van der Waals surface area contributed by atoms with Gasteiger partial charge in [-0.2, -0.15) is 9.36 Å². The Kier molecular flexibility index (Phi) is 3.99. The standard InChI is InChI=1S/C7H10N4O2S/c1-2-3-13-10-5(4-12)6-9-7(8)14-11-6/h4H,2-3H2,1H3,(H2,8,9,11)/b10-5-. The first-order valence-electron chi connectivity index (χ1n) is 4.02. The largest absolute Gasteiger partial charge is 0.395 e. The first kappa shape index (κ1) is 10.6. The van der Waals surface area contributed by atoms with Crippen molar-refractivity contribution >= 4 is 28.7 Å². The number of oxime groups is 1. The Morgan fingerprint density at radius 2 is 2.57 bits per heavy atom. The van der Waals surface area contributed by atoms with E-state index in [1.807, 2.05) is 6.92 Å². The molecule has 1 heterocycles. The molecule has 0 saturated carbocycles. The molecule has 7 heteroatoms. The summed E-state index contributed by atoms with van der Waals surface area (Å²) in [6, 6.07) is 0. The maximum absolute atomic E-state index is 10.6. The van der Waals surface area contributed by atoms with E-state index in [0.717, 1.165) is 18.0 Å². The summed E-state index contributed by atoms with van der Waals surface area (Å²) < 4.78 is 3.83. The number of aldehydes is 1. The van der Waals surface area contributed by atoms with Crippen molar-refractivity contribution in [1.82, 2.24) is 9.36 Å². The first-order valence-corrected chi connectivity index (χ1v) is 4.80. The molecule has 0 amide bonds. The average molecular weight is 214 g/mol. The van der Waals surface area contributed by atoms with Gasteiger partial charge in [0.25, 0.3) is 0 Å². The van der Waals surface area contributed by atoms with Crippen LogP contribution in [0.5, 0.6) is 0 Å². The average Bonchev–Trinajstić information content (AvgIpc) is 2.60. The zero-order valence-corrected chi connectivity index (χ0v) is 8.45. The molecule has 1 aromatic rings. The van der Waals surface area contributed by atoms with Crippen molar-refractivity contribution in [3.05, 3.63) is 5.82 Å². The highest BCUT2D eigenvalue weighted by atomic mass is 32.1. The quantitative estimate of drug-likeness (QED) is 0.332. The van der Waals surface area contributed by atoms with Crippen LogP contribution in [-0.4, -0.2) is 28.0 Å². The fourth-order valence-corrected chi connectivity index (χ4v) is 1.10. The Hall–Kier alpha value is -1.50. The fraction of sp³-hybridized carbons (Fsp3) is 0.429.